The minimum Gasteiger partial charge on any atom is -0.481 e. The molecule has 2 N–H and O–H groups in total. The van der Waals surface area contributed by atoms with Crippen molar-refractivity contribution in [1.82, 2.24) is 9.88 Å². The second-order valence-corrected chi connectivity index (χ2v) is 8.32. The van der Waals surface area contributed by atoms with Gasteiger partial charge in [0.05, 0.1) is 18.2 Å². The fourth-order valence-electron chi connectivity index (χ4n) is 3.81. The second-order valence-electron chi connectivity index (χ2n) is 7.24. The summed E-state index contributed by atoms with van der Waals surface area (Å²) in [6, 6.07) is -0.341. The number of hydrogen-bond donors (Lipinski definition) is 2. The molecule has 0 radical (unpaired) electrons. The molecule has 2 amide bonds. The number of carboxylic acids is 1. The molecular weight excluding hydrogens is 370 g/mol. The lowest BCUT2D eigenvalue weighted by Gasteiger charge is -2.34. The van der Waals surface area contributed by atoms with Gasteiger partial charge in [-0.25, -0.2) is 9.78 Å². The van der Waals surface area contributed by atoms with Crippen LogP contribution < -0.4 is 5.32 Å². The Kier molecular flexibility index (Phi) is 5.98. The topological polar surface area (TPSA) is 109 Å². The Morgan fingerprint density at radius 1 is 1.37 bits per heavy atom. The zero-order valence-corrected chi connectivity index (χ0v) is 16.4. The Morgan fingerprint density at radius 2 is 2.15 bits per heavy atom. The fraction of sp³-hybridized carbons (Fsp3) is 0.667. The summed E-state index contributed by atoms with van der Waals surface area (Å²) in [5.41, 5.74) is 0.704. The minimum absolute atomic E-state index is 0.128. The second kappa shape index (κ2) is 8.24. The van der Waals surface area contributed by atoms with E-state index < -0.39 is 11.9 Å². The molecule has 27 heavy (non-hydrogen) atoms. The average Bonchev–Trinajstić information content (AvgIpc) is 3.03. The Bertz CT molecular complexity index is 735. The SMILES string of the molecule is CCOC(=O)C1CCCc2sc(NC(=O)N3CC(C)CC(C(=O)O)C3)nc21. The highest BCUT2D eigenvalue weighted by Gasteiger charge is 2.34. The van der Waals surface area contributed by atoms with E-state index in [4.69, 9.17) is 4.74 Å². The maximum Gasteiger partial charge on any atom is 0.323 e. The van der Waals surface area contributed by atoms with Crippen molar-refractivity contribution in [2.75, 3.05) is 25.0 Å². The molecule has 0 saturated carbocycles. The van der Waals surface area contributed by atoms with Crippen molar-refractivity contribution >= 4 is 34.4 Å². The molecule has 0 spiro atoms. The number of likely N-dealkylation sites (tertiary alicyclic amines) is 1. The van der Waals surface area contributed by atoms with Crippen molar-refractivity contribution in [3.63, 3.8) is 0 Å². The third kappa shape index (κ3) is 4.40. The summed E-state index contributed by atoms with van der Waals surface area (Å²) in [5, 5.41) is 12.5. The maximum absolute atomic E-state index is 12.6. The largest absolute Gasteiger partial charge is 0.481 e. The van der Waals surface area contributed by atoms with Gasteiger partial charge in [-0.3, -0.25) is 14.9 Å². The summed E-state index contributed by atoms with van der Waals surface area (Å²) in [6.45, 7) is 4.77. The van der Waals surface area contributed by atoms with Crippen LogP contribution in [0.5, 0.6) is 0 Å². The van der Waals surface area contributed by atoms with Gasteiger partial charge in [-0.05, 0) is 38.5 Å². The number of hydrogen-bond acceptors (Lipinski definition) is 6. The van der Waals surface area contributed by atoms with Crippen LogP contribution in [-0.2, 0) is 20.7 Å². The van der Waals surface area contributed by atoms with E-state index in [-0.39, 0.29) is 30.4 Å². The molecule has 3 unspecified atom stereocenters. The lowest BCUT2D eigenvalue weighted by Crippen LogP contribution is -2.47. The monoisotopic (exact) mass is 395 g/mol. The molecule has 1 aliphatic carbocycles. The third-order valence-corrected chi connectivity index (χ3v) is 6.08. The van der Waals surface area contributed by atoms with E-state index in [2.05, 4.69) is 10.3 Å². The third-order valence-electron chi connectivity index (χ3n) is 5.04. The van der Waals surface area contributed by atoms with Gasteiger partial charge in [0.25, 0.3) is 0 Å². The van der Waals surface area contributed by atoms with Gasteiger partial charge in [0.1, 0.15) is 5.92 Å². The Labute approximate surface area is 161 Å². The van der Waals surface area contributed by atoms with Crippen LogP contribution >= 0.6 is 11.3 Å². The highest BCUT2D eigenvalue weighted by atomic mass is 32.1. The predicted molar refractivity (Wildman–Crippen MR) is 99.9 cm³/mol. The molecule has 8 nitrogen and oxygen atoms in total. The quantitative estimate of drug-likeness (QED) is 0.759. The fourth-order valence-corrected chi connectivity index (χ4v) is 4.87. The molecule has 9 heteroatoms. The van der Waals surface area contributed by atoms with Gasteiger partial charge in [0.15, 0.2) is 5.13 Å². The van der Waals surface area contributed by atoms with Crippen LogP contribution in [-0.4, -0.2) is 52.7 Å². The molecule has 2 heterocycles. The first-order chi connectivity index (χ1) is 12.9. The number of anilines is 1. The van der Waals surface area contributed by atoms with E-state index in [1.807, 2.05) is 6.92 Å². The standard InChI is InChI=1S/C18H25N3O5S/c1-3-26-16(24)12-5-4-6-13-14(12)19-17(27-13)20-18(25)21-8-10(2)7-11(9-21)15(22)23/h10-12H,3-9H2,1-2H3,(H,22,23)(H,19,20,25). The Morgan fingerprint density at radius 3 is 2.85 bits per heavy atom. The first-order valence-corrected chi connectivity index (χ1v) is 10.2. The summed E-state index contributed by atoms with van der Waals surface area (Å²) in [6.07, 6.45) is 3.00. The summed E-state index contributed by atoms with van der Waals surface area (Å²) >= 11 is 1.38. The van der Waals surface area contributed by atoms with Gasteiger partial charge >= 0.3 is 18.0 Å². The average molecular weight is 395 g/mol. The number of rotatable bonds is 4. The number of nitrogens with zero attached hydrogens (tertiary/aromatic N) is 2. The number of nitrogens with one attached hydrogen (secondary N) is 1. The number of carbonyl (C=O) groups excluding carboxylic acids is 2. The molecule has 2 aliphatic rings. The first-order valence-electron chi connectivity index (χ1n) is 9.34. The Balaban J connectivity index is 1.70. The van der Waals surface area contributed by atoms with E-state index in [0.29, 0.717) is 36.8 Å². The van der Waals surface area contributed by atoms with Gasteiger partial charge in [0, 0.05) is 18.0 Å². The molecule has 0 aromatic carbocycles. The van der Waals surface area contributed by atoms with Crippen LogP contribution in [0.3, 0.4) is 0 Å². The number of thiazole rings is 1. The van der Waals surface area contributed by atoms with E-state index in [1.165, 1.54) is 16.2 Å². The first kappa shape index (κ1) is 19.6. The van der Waals surface area contributed by atoms with Crippen LogP contribution in [0.15, 0.2) is 0 Å². The number of carbonyl (C=O) groups is 3. The van der Waals surface area contributed by atoms with Crippen molar-refractivity contribution in [2.24, 2.45) is 11.8 Å². The zero-order chi connectivity index (χ0) is 19.6. The lowest BCUT2D eigenvalue weighted by molar-refractivity contribution is -0.145. The normalized spacial score (nSPS) is 24.8. The van der Waals surface area contributed by atoms with Gasteiger partial charge in [0.2, 0.25) is 0 Å². The number of urea groups is 1. The van der Waals surface area contributed by atoms with Crippen LogP contribution in [0.1, 0.15) is 49.6 Å². The molecule has 1 aromatic heterocycles. The lowest BCUT2D eigenvalue weighted by atomic mass is 9.91. The van der Waals surface area contributed by atoms with E-state index in [1.54, 1.807) is 6.92 Å². The van der Waals surface area contributed by atoms with Gasteiger partial charge in [-0.2, -0.15) is 0 Å². The zero-order valence-electron chi connectivity index (χ0n) is 15.6. The van der Waals surface area contributed by atoms with Crippen LogP contribution in [0.4, 0.5) is 9.93 Å². The van der Waals surface area contributed by atoms with Crippen LogP contribution in [0.25, 0.3) is 0 Å². The summed E-state index contributed by atoms with van der Waals surface area (Å²) in [4.78, 5) is 43.1. The molecule has 0 bridgehead atoms. The van der Waals surface area contributed by atoms with Crippen molar-refractivity contribution in [1.29, 1.82) is 0 Å². The number of carboxylic acid groups (broad SMARTS) is 1. The Hall–Kier alpha value is -2.16. The molecule has 1 aromatic rings. The van der Waals surface area contributed by atoms with Gasteiger partial charge < -0.3 is 14.7 Å². The smallest absolute Gasteiger partial charge is 0.323 e. The van der Waals surface area contributed by atoms with Crippen LogP contribution in [0.2, 0.25) is 0 Å². The van der Waals surface area contributed by atoms with E-state index in [0.717, 1.165) is 17.7 Å². The predicted octanol–water partition coefficient (Wildman–Crippen LogP) is 2.70. The van der Waals surface area contributed by atoms with E-state index >= 15 is 0 Å². The number of fused-ring (bicyclic) bond motifs is 1. The number of esters is 1. The molecule has 1 saturated heterocycles. The summed E-state index contributed by atoms with van der Waals surface area (Å²) in [7, 11) is 0. The van der Waals surface area contributed by atoms with Crippen molar-refractivity contribution in [3.05, 3.63) is 10.6 Å². The van der Waals surface area contributed by atoms with Crippen molar-refractivity contribution in [2.45, 2.75) is 45.4 Å². The number of ether oxygens (including phenoxy) is 1. The van der Waals surface area contributed by atoms with Crippen molar-refractivity contribution in [3.8, 4) is 0 Å². The molecular formula is C18H25N3O5S. The molecule has 148 valence electrons. The van der Waals surface area contributed by atoms with Gasteiger partial charge in [-0.1, -0.05) is 6.92 Å². The molecule has 3 atom stereocenters. The molecule has 1 fully saturated rings. The number of aromatic nitrogens is 1. The number of piperidine rings is 1. The number of aliphatic carboxylic acids is 1. The van der Waals surface area contributed by atoms with E-state index in [9.17, 15) is 19.5 Å². The van der Waals surface area contributed by atoms with Crippen molar-refractivity contribution < 1.29 is 24.2 Å². The molecule has 3 rings (SSSR count). The van der Waals surface area contributed by atoms with Crippen LogP contribution in [0, 0.1) is 11.8 Å². The highest BCUT2D eigenvalue weighted by molar-refractivity contribution is 7.15. The summed E-state index contributed by atoms with van der Waals surface area (Å²) in [5.74, 6) is -1.93. The maximum atomic E-state index is 12.6. The molecule has 1 aliphatic heterocycles. The van der Waals surface area contributed by atoms with Gasteiger partial charge in [-0.15, -0.1) is 11.3 Å². The number of amides is 2. The summed E-state index contributed by atoms with van der Waals surface area (Å²) < 4.78 is 5.14. The highest BCUT2D eigenvalue weighted by Crippen LogP contribution is 2.37. The minimum atomic E-state index is -0.874. The number of aryl methyl sites for hydroxylation is 1.